The van der Waals surface area contributed by atoms with Gasteiger partial charge in [0, 0.05) is 50.0 Å². The Bertz CT molecular complexity index is 1370. The van der Waals surface area contributed by atoms with Gasteiger partial charge >= 0.3 is 5.97 Å². The summed E-state index contributed by atoms with van der Waals surface area (Å²) in [6.45, 7) is 5.99. The topological polar surface area (TPSA) is 166 Å². The molecule has 268 valence electrons. The zero-order valence-electron chi connectivity index (χ0n) is 29.0. The van der Waals surface area contributed by atoms with Crippen molar-refractivity contribution in [3.8, 4) is 0 Å². The second-order valence-corrected chi connectivity index (χ2v) is 17.1. The number of allylic oxidation sites excluding steroid dienone is 1. The van der Waals surface area contributed by atoms with Crippen LogP contribution in [0.2, 0.25) is 0 Å². The number of hydrogen-bond donors (Lipinski definition) is 6. The number of nitrogens with one attached hydrogen (secondary N) is 1. The number of ether oxygens (including phenoxy) is 2. The third-order valence-corrected chi connectivity index (χ3v) is 14.7. The molecule has 7 rings (SSSR count). The van der Waals surface area contributed by atoms with Crippen LogP contribution >= 0.6 is 0 Å². The molecule has 0 aromatic carbocycles. The average molecular weight is 672 g/mol. The second kappa shape index (κ2) is 12.0. The third kappa shape index (κ3) is 4.35. The molecule has 10 heteroatoms. The number of esters is 1. The standard InChI is InChI=1S/C38H57NO9/c1-23(2)7-8-27-32(43)38(46)29(34(22-40)13-9-26(41)20-36(27,34)44)10-14-33-11-4-5-12-35-25(21-39-15-6-16-47-3)17-24(19-37(33,38)45)31(33)28(35)18-30(42)48-35/h17-18,22-24,26-27,29,31-32,39,41,43-46H,4-16,19-21H2,1-3H3/t24-,26-,27+,29+,31+,32-,33+,34-,35+,36+,37+,38+/m0/s1. The van der Waals surface area contributed by atoms with Gasteiger partial charge in [-0.1, -0.05) is 32.8 Å². The van der Waals surface area contributed by atoms with E-state index in [1.807, 2.05) is 0 Å². The zero-order valence-corrected chi connectivity index (χ0v) is 29.0. The molecule has 12 atom stereocenters. The van der Waals surface area contributed by atoms with Crippen molar-refractivity contribution in [1.29, 1.82) is 0 Å². The van der Waals surface area contributed by atoms with Gasteiger partial charge in [0.25, 0.3) is 0 Å². The molecular weight excluding hydrogens is 614 g/mol. The Balaban J connectivity index is 1.37. The molecule has 0 amide bonds. The average Bonchev–Trinajstić information content (AvgIpc) is 3.49. The quantitative estimate of drug-likeness (QED) is 0.0881. The molecular formula is C38H57NO9. The van der Waals surface area contributed by atoms with Crippen LogP contribution in [0, 0.1) is 40.4 Å². The smallest absolute Gasteiger partial charge is 0.332 e. The number of rotatable bonds is 10. The molecule has 0 saturated heterocycles. The molecule has 7 aliphatic rings. The summed E-state index contributed by atoms with van der Waals surface area (Å²) in [5.74, 6) is -2.47. The molecule has 1 spiro atoms. The maximum absolute atomic E-state index is 13.6. The van der Waals surface area contributed by atoms with Gasteiger partial charge < -0.3 is 45.1 Å². The van der Waals surface area contributed by atoms with Crippen molar-refractivity contribution in [2.75, 3.05) is 26.8 Å². The molecule has 0 unspecified atom stereocenters. The molecule has 0 aromatic heterocycles. The molecule has 2 bridgehead atoms. The van der Waals surface area contributed by atoms with Crippen LogP contribution in [0.4, 0.5) is 0 Å². The zero-order chi connectivity index (χ0) is 34.3. The fourth-order valence-electron chi connectivity index (χ4n) is 12.8. The van der Waals surface area contributed by atoms with Crippen LogP contribution in [0.25, 0.3) is 0 Å². The van der Waals surface area contributed by atoms with Gasteiger partial charge in [0.1, 0.15) is 17.5 Å². The predicted octanol–water partition coefficient (Wildman–Crippen LogP) is 2.73. The highest BCUT2D eigenvalue weighted by Crippen LogP contribution is 2.77. The first-order chi connectivity index (χ1) is 22.8. The summed E-state index contributed by atoms with van der Waals surface area (Å²) in [5.41, 5.74) is -6.99. The van der Waals surface area contributed by atoms with E-state index in [0.717, 1.165) is 43.2 Å². The Morgan fingerprint density at radius 1 is 1.08 bits per heavy atom. The fourth-order valence-corrected chi connectivity index (χ4v) is 12.8. The second-order valence-electron chi connectivity index (χ2n) is 17.1. The largest absolute Gasteiger partial charge is 0.447 e. The van der Waals surface area contributed by atoms with Crippen molar-refractivity contribution < 1.29 is 44.6 Å². The number of methoxy groups -OCH3 is 1. The lowest BCUT2D eigenvalue weighted by Crippen LogP contribution is -2.84. The van der Waals surface area contributed by atoms with E-state index < -0.39 is 57.3 Å². The molecule has 1 aliphatic heterocycles. The minimum atomic E-state index is -2.10. The van der Waals surface area contributed by atoms with Crippen molar-refractivity contribution in [2.45, 2.75) is 132 Å². The van der Waals surface area contributed by atoms with E-state index in [-0.39, 0.29) is 43.0 Å². The fraction of sp³-hybridized carbons (Fsp3) is 0.842. The highest BCUT2D eigenvalue weighted by molar-refractivity contribution is 5.88. The number of carbonyl (C=O) groups is 2. The minimum Gasteiger partial charge on any atom is -0.447 e. The summed E-state index contributed by atoms with van der Waals surface area (Å²) in [4.78, 5) is 26.7. The molecule has 5 fully saturated rings. The highest BCUT2D eigenvalue weighted by Gasteiger charge is 2.84. The lowest BCUT2D eigenvalue weighted by atomic mass is 9.36. The summed E-state index contributed by atoms with van der Waals surface area (Å²) in [6.07, 6.45) is 8.29. The van der Waals surface area contributed by atoms with Gasteiger partial charge in [-0.2, -0.15) is 0 Å². The van der Waals surface area contributed by atoms with E-state index in [4.69, 9.17) is 9.47 Å². The van der Waals surface area contributed by atoms with Crippen molar-refractivity contribution in [3.63, 3.8) is 0 Å². The van der Waals surface area contributed by atoms with Crippen LogP contribution in [-0.4, -0.2) is 99.2 Å². The van der Waals surface area contributed by atoms with Gasteiger partial charge in [-0.05, 0) is 99.7 Å². The van der Waals surface area contributed by atoms with E-state index in [1.54, 1.807) is 13.2 Å². The van der Waals surface area contributed by atoms with Crippen molar-refractivity contribution in [3.05, 3.63) is 23.3 Å². The van der Waals surface area contributed by atoms with E-state index in [9.17, 15) is 35.1 Å². The Kier molecular flexibility index (Phi) is 8.66. The Hall–Kier alpha value is -1.66. The molecule has 6 N–H and O–H groups in total. The number of fused-ring (bicyclic) bond motifs is 4. The van der Waals surface area contributed by atoms with Gasteiger partial charge in [-0.25, -0.2) is 4.79 Å². The molecule has 48 heavy (non-hydrogen) atoms. The summed E-state index contributed by atoms with van der Waals surface area (Å²) in [6, 6.07) is 0. The summed E-state index contributed by atoms with van der Waals surface area (Å²) < 4.78 is 11.5. The van der Waals surface area contributed by atoms with Crippen LogP contribution < -0.4 is 5.32 Å². The molecule has 1 heterocycles. The maximum atomic E-state index is 13.6. The Morgan fingerprint density at radius 3 is 2.58 bits per heavy atom. The van der Waals surface area contributed by atoms with E-state index in [2.05, 4.69) is 25.2 Å². The van der Waals surface area contributed by atoms with Crippen LogP contribution in [-0.2, 0) is 19.1 Å². The molecule has 0 aromatic rings. The Labute approximate surface area is 284 Å². The van der Waals surface area contributed by atoms with Crippen LogP contribution in [0.15, 0.2) is 23.3 Å². The van der Waals surface area contributed by atoms with Gasteiger partial charge in [0.15, 0.2) is 5.60 Å². The SMILES string of the molecule is COCCCNCC1=C[C@H]2C[C@@]3(O)[C@]4(CCCC[C@@]15OC(=O)C=C5[C@@H]24)CC[C@H]1[C@@]3(O)[C@@H](O)[C@@H](CCC(C)C)[C@]2(O)C[C@@H](O)CC[C@]12C=O. The lowest BCUT2D eigenvalue weighted by molar-refractivity contribution is -0.367. The number of aldehydes is 1. The van der Waals surface area contributed by atoms with Gasteiger partial charge in [0.05, 0.1) is 23.2 Å². The van der Waals surface area contributed by atoms with E-state index in [1.165, 1.54) is 0 Å². The molecule has 0 radical (unpaired) electrons. The van der Waals surface area contributed by atoms with Gasteiger partial charge in [-0.15, -0.1) is 0 Å². The number of carbonyl (C=O) groups excluding carboxylic acids is 2. The predicted molar refractivity (Wildman–Crippen MR) is 176 cm³/mol. The maximum Gasteiger partial charge on any atom is 0.332 e. The van der Waals surface area contributed by atoms with E-state index in [0.29, 0.717) is 58.1 Å². The first-order valence-electron chi connectivity index (χ1n) is 18.7. The summed E-state index contributed by atoms with van der Waals surface area (Å²) >= 11 is 0. The van der Waals surface area contributed by atoms with Crippen molar-refractivity contribution >= 4 is 12.3 Å². The van der Waals surface area contributed by atoms with Crippen molar-refractivity contribution in [1.82, 2.24) is 5.32 Å². The van der Waals surface area contributed by atoms with E-state index >= 15 is 0 Å². The van der Waals surface area contributed by atoms with Crippen molar-refractivity contribution in [2.24, 2.45) is 40.4 Å². The monoisotopic (exact) mass is 671 g/mol. The first-order valence-corrected chi connectivity index (χ1v) is 18.7. The summed E-state index contributed by atoms with van der Waals surface area (Å²) in [5, 5.41) is 66.6. The van der Waals surface area contributed by atoms with Gasteiger partial charge in [0.2, 0.25) is 0 Å². The number of aliphatic hydroxyl groups excluding tert-OH is 2. The normalized spacial score (nSPS) is 49.1. The van der Waals surface area contributed by atoms with Gasteiger partial charge in [-0.3, -0.25) is 0 Å². The molecule has 6 aliphatic carbocycles. The van der Waals surface area contributed by atoms with Crippen LogP contribution in [0.3, 0.4) is 0 Å². The minimum absolute atomic E-state index is 0.0503. The van der Waals surface area contributed by atoms with Crippen LogP contribution in [0.5, 0.6) is 0 Å². The lowest BCUT2D eigenvalue weighted by Gasteiger charge is -2.72. The van der Waals surface area contributed by atoms with Crippen LogP contribution in [0.1, 0.15) is 97.3 Å². The highest BCUT2D eigenvalue weighted by atomic mass is 16.6. The third-order valence-electron chi connectivity index (χ3n) is 14.7. The number of aliphatic hydroxyl groups is 5. The Morgan fingerprint density at radius 2 is 1.85 bits per heavy atom. The molecule has 5 saturated carbocycles. The molecule has 10 nitrogen and oxygen atoms in total. The summed E-state index contributed by atoms with van der Waals surface area (Å²) in [7, 11) is 1.68. The first kappa shape index (κ1) is 34.8. The number of hydrogen-bond acceptors (Lipinski definition) is 10.